The van der Waals surface area contributed by atoms with E-state index >= 15 is 0 Å². The first-order chi connectivity index (χ1) is 8.84. The summed E-state index contributed by atoms with van der Waals surface area (Å²) in [6, 6.07) is 2.02. The zero-order valence-electron chi connectivity index (χ0n) is 12.0. The van der Waals surface area contributed by atoms with Crippen LogP contribution in [0.3, 0.4) is 0 Å². The van der Waals surface area contributed by atoms with Gasteiger partial charge in [0, 0.05) is 22.3 Å². The number of hydrogen-bond donors (Lipinski definition) is 0. The standard InChI is InChI=1S/C14H19BrN2OSi/c1-9(14(2,3)4)19-17-8-11(15)10-6-7-16-13(18-5)12(10)17/h6-9H,1-5H3. The molecule has 5 heteroatoms. The van der Waals surface area contributed by atoms with Crippen LogP contribution >= 0.6 is 15.9 Å². The van der Waals surface area contributed by atoms with Gasteiger partial charge in [-0.3, -0.25) is 0 Å². The van der Waals surface area contributed by atoms with Crippen LogP contribution in [-0.4, -0.2) is 26.0 Å². The van der Waals surface area contributed by atoms with E-state index in [9.17, 15) is 0 Å². The largest absolute Gasteiger partial charge is 0.480 e. The van der Waals surface area contributed by atoms with Crippen molar-refractivity contribution in [1.82, 2.24) is 9.22 Å². The monoisotopic (exact) mass is 338 g/mol. The lowest BCUT2D eigenvalue weighted by Gasteiger charge is -2.26. The first-order valence-electron chi connectivity index (χ1n) is 6.30. The van der Waals surface area contributed by atoms with Gasteiger partial charge in [0.1, 0.15) is 5.52 Å². The lowest BCUT2D eigenvalue weighted by molar-refractivity contribution is 0.392. The number of ether oxygens (including phenoxy) is 1. The maximum absolute atomic E-state index is 5.40. The molecule has 0 aliphatic carbocycles. The van der Waals surface area contributed by atoms with Crippen LogP contribution < -0.4 is 4.74 Å². The SMILES string of the molecule is COc1nccc2c(Br)cn([Si]C(C)C(C)(C)C)c12. The van der Waals surface area contributed by atoms with Gasteiger partial charge in [-0.25, -0.2) is 4.98 Å². The molecule has 2 aromatic rings. The third-order valence-corrected chi connectivity index (χ3v) is 5.97. The molecule has 0 saturated heterocycles. The molecular formula is C14H19BrN2OSi. The van der Waals surface area contributed by atoms with E-state index in [2.05, 4.69) is 59.0 Å². The Bertz CT molecular complexity index is 589. The van der Waals surface area contributed by atoms with Gasteiger partial charge in [-0.1, -0.05) is 27.7 Å². The van der Waals surface area contributed by atoms with Crippen LogP contribution in [0.15, 0.2) is 22.9 Å². The lowest BCUT2D eigenvalue weighted by Crippen LogP contribution is -2.22. The number of halogens is 1. The molecule has 2 rings (SSSR count). The molecule has 102 valence electrons. The Morgan fingerprint density at radius 1 is 1.42 bits per heavy atom. The second-order valence-electron chi connectivity index (χ2n) is 5.78. The van der Waals surface area contributed by atoms with E-state index in [1.807, 2.05) is 6.07 Å². The summed E-state index contributed by atoms with van der Waals surface area (Å²) in [5, 5.41) is 1.15. The fourth-order valence-corrected chi connectivity index (χ4v) is 3.83. The summed E-state index contributed by atoms with van der Waals surface area (Å²) in [6.07, 6.45) is 3.92. The number of methoxy groups -OCH3 is 1. The Hall–Kier alpha value is -0.813. The molecule has 0 aliphatic heterocycles. The van der Waals surface area contributed by atoms with Crippen molar-refractivity contribution in [2.75, 3.05) is 7.11 Å². The number of hydrogen-bond acceptors (Lipinski definition) is 2. The van der Waals surface area contributed by atoms with Crippen molar-refractivity contribution in [3.05, 3.63) is 22.9 Å². The maximum atomic E-state index is 5.40. The molecule has 3 nitrogen and oxygen atoms in total. The Morgan fingerprint density at radius 2 is 2.11 bits per heavy atom. The molecule has 2 aromatic heterocycles. The number of nitrogens with zero attached hydrogens (tertiary/aromatic N) is 2. The van der Waals surface area contributed by atoms with Crippen molar-refractivity contribution in [2.45, 2.75) is 33.2 Å². The highest BCUT2D eigenvalue weighted by molar-refractivity contribution is 9.10. The van der Waals surface area contributed by atoms with Crippen LogP contribution in [0.5, 0.6) is 5.88 Å². The molecule has 0 aromatic carbocycles. The van der Waals surface area contributed by atoms with Gasteiger partial charge in [-0.05, 0) is 33.0 Å². The minimum absolute atomic E-state index is 0.289. The van der Waals surface area contributed by atoms with Crippen LogP contribution in [0.1, 0.15) is 27.7 Å². The summed E-state index contributed by atoms with van der Waals surface area (Å²) in [7, 11) is 2.34. The zero-order chi connectivity index (χ0) is 14.2. The van der Waals surface area contributed by atoms with E-state index in [1.165, 1.54) is 0 Å². The van der Waals surface area contributed by atoms with Gasteiger partial charge in [-0.15, -0.1) is 0 Å². The highest BCUT2D eigenvalue weighted by atomic mass is 79.9. The maximum Gasteiger partial charge on any atom is 0.237 e. The van der Waals surface area contributed by atoms with Gasteiger partial charge < -0.3 is 8.97 Å². The molecule has 0 saturated carbocycles. The summed E-state index contributed by atoms with van der Waals surface area (Å²) in [6.45, 7) is 9.13. The van der Waals surface area contributed by atoms with Gasteiger partial charge in [0.05, 0.1) is 7.11 Å². The average Bonchev–Trinajstić information content (AvgIpc) is 2.65. The quantitative estimate of drug-likeness (QED) is 0.786. The third-order valence-electron chi connectivity index (χ3n) is 3.46. The molecule has 0 spiro atoms. The fourth-order valence-electron chi connectivity index (χ4n) is 1.76. The molecular weight excluding hydrogens is 320 g/mol. The molecule has 0 amide bonds. The third kappa shape index (κ3) is 2.87. The first kappa shape index (κ1) is 14.6. The summed E-state index contributed by atoms with van der Waals surface area (Å²) in [5.74, 6) is 0.691. The Labute approximate surface area is 125 Å². The van der Waals surface area contributed by atoms with Crippen LogP contribution in [0.4, 0.5) is 0 Å². The normalized spacial score (nSPS) is 13.8. The first-order valence-corrected chi connectivity index (χ1v) is 8.12. The van der Waals surface area contributed by atoms with E-state index in [1.54, 1.807) is 13.3 Å². The number of aromatic nitrogens is 2. The Kier molecular flexibility index (Phi) is 4.06. The summed E-state index contributed by atoms with van der Waals surface area (Å²) in [4.78, 5) is 4.31. The van der Waals surface area contributed by atoms with Crippen LogP contribution in [-0.2, 0) is 0 Å². The summed E-state index contributed by atoms with van der Waals surface area (Å²) >= 11 is 3.62. The Morgan fingerprint density at radius 3 is 2.68 bits per heavy atom. The number of pyridine rings is 1. The Balaban J connectivity index is 2.49. The molecule has 0 N–H and O–H groups in total. The topological polar surface area (TPSA) is 27.1 Å². The molecule has 1 atom stereocenters. The van der Waals surface area contributed by atoms with Crippen LogP contribution in [0, 0.1) is 5.41 Å². The van der Waals surface area contributed by atoms with Crippen molar-refractivity contribution in [2.24, 2.45) is 5.41 Å². The van der Waals surface area contributed by atoms with Crippen LogP contribution in [0.2, 0.25) is 5.54 Å². The predicted molar refractivity (Wildman–Crippen MR) is 84.0 cm³/mol. The van der Waals surface area contributed by atoms with Crippen molar-refractivity contribution in [1.29, 1.82) is 0 Å². The van der Waals surface area contributed by atoms with Crippen molar-refractivity contribution in [3.63, 3.8) is 0 Å². The van der Waals surface area contributed by atoms with E-state index in [0.29, 0.717) is 21.1 Å². The second kappa shape index (κ2) is 5.29. The van der Waals surface area contributed by atoms with Crippen molar-refractivity contribution >= 4 is 36.5 Å². The second-order valence-corrected chi connectivity index (χ2v) is 8.24. The van der Waals surface area contributed by atoms with E-state index in [0.717, 1.165) is 15.4 Å². The molecule has 2 heterocycles. The average molecular weight is 339 g/mol. The highest BCUT2D eigenvalue weighted by Crippen LogP contribution is 2.34. The van der Waals surface area contributed by atoms with Crippen molar-refractivity contribution < 1.29 is 4.74 Å². The smallest absolute Gasteiger partial charge is 0.237 e. The molecule has 0 bridgehead atoms. The van der Waals surface area contributed by atoms with Gasteiger partial charge in [-0.2, -0.15) is 0 Å². The molecule has 0 aliphatic rings. The molecule has 19 heavy (non-hydrogen) atoms. The van der Waals surface area contributed by atoms with Gasteiger partial charge in [0.2, 0.25) is 5.88 Å². The molecule has 2 radical (unpaired) electrons. The summed E-state index contributed by atoms with van der Waals surface area (Å²) in [5.41, 5.74) is 1.95. The van der Waals surface area contributed by atoms with Gasteiger partial charge >= 0.3 is 0 Å². The van der Waals surface area contributed by atoms with Gasteiger partial charge in [0.15, 0.2) is 9.68 Å². The minimum atomic E-state index is 0.289. The molecule has 1 unspecified atom stereocenters. The molecule has 0 fully saturated rings. The van der Waals surface area contributed by atoms with E-state index < -0.39 is 0 Å². The summed E-state index contributed by atoms with van der Waals surface area (Å²) < 4.78 is 8.76. The number of rotatable bonds is 3. The van der Waals surface area contributed by atoms with E-state index in [-0.39, 0.29) is 5.41 Å². The van der Waals surface area contributed by atoms with Crippen LogP contribution in [0.25, 0.3) is 10.9 Å². The zero-order valence-corrected chi connectivity index (χ0v) is 14.6. The minimum Gasteiger partial charge on any atom is -0.480 e. The fraction of sp³-hybridized carbons (Fsp3) is 0.500. The number of fused-ring (bicyclic) bond motifs is 1. The van der Waals surface area contributed by atoms with E-state index in [4.69, 9.17) is 4.74 Å². The van der Waals surface area contributed by atoms with Gasteiger partial charge in [0.25, 0.3) is 0 Å². The van der Waals surface area contributed by atoms with Crippen molar-refractivity contribution in [3.8, 4) is 5.88 Å². The predicted octanol–water partition coefficient (Wildman–Crippen LogP) is 4.13. The highest BCUT2D eigenvalue weighted by Gasteiger charge is 2.23. The lowest BCUT2D eigenvalue weighted by atomic mass is 9.93.